The molecule has 2 amide bonds. The van der Waals surface area contributed by atoms with Crippen molar-refractivity contribution in [3.05, 3.63) is 78.1 Å². The second kappa shape index (κ2) is 12.5. The number of anilines is 1. The molecule has 3 aromatic carbocycles. The Morgan fingerprint density at radius 2 is 1.76 bits per heavy atom. The summed E-state index contributed by atoms with van der Waals surface area (Å²) in [7, 11) is 3.09. The van der Waals surface area contributed by atoms with Gasteiger partial charge in [0.1, 0.15) is 16.8 Å². The summed E-state index contributed by atoms with van der Waals surface area (Å²) < 4.78 is 29.6. The molecular formula is C28H28FN3O5S. The van der Waals surface area contributed by atoms with Crippen molar-refractivity contribution in [3.8, 4) is 17.2 Å². The number of halogens is 1. The number of nitrogens with zero attached hydrogens (tertiary/aromatic N) is 2. The van der Waals surface area contributed by atoms with Crippen LogP contribution in [0.3, 0.4) is 0 Å². The minimum atomic E-state index is -0.699. The van der Waals surface area contributed by atoms with Crippen molar-refractivity contribution in [1.82, 2.24) is 4.90 Å². The summed E-state index contributed by atoms with van der Waals surface area (Å²) in [6.07, 6.45) is -0.0107. The normalized spacial score (nSPS) is 16.3. The van der Waals surface area contributed by atoms with Crippen molar-refractivity contribution < 1.29 is 28.2 Å². The van der Waals surface area contributed by atoms with Crippen LogP contribution in [0, 0.1) is 5.82 Å². The first kappa shape index (κ1) is 27.0. The molecule has 3 aromatic rings. The van der Waals surface area contributed by atoms with E-state index in [1.807, 2.05) is 13.0 Å². The minimum absolute atomic E-state index is 0.0107. The molecule has 10 heteroatoms. The van der Waals surface area contributed by atoms with E-state index in [0.717, 1.165) is 5.56 Å². The number of thioether (sulfide) groups is 1. The van der Waals surface area contributed by atoms with Crippen LogP contribution in [0.4, 0.5) is 15.8 Å². The highest BCUT2D eigenvalue weighted by molar-refractivity contribution is 8.15. The second-order valence-electron chi connectivity index (χ2n) is 8.30. The molecule has 1 saturated heterocycles. The van der Waals surface area contributed by atoms with Crippen LogP contribution in [0.1, 0.15) is 18.9 Å². The molecule has 0 bridgehead atoms. The van der Waals surface area contributed by atoms with Crippen molar-refractivity contribution in [2.24, 2.45) is 4.99 Å². The molecule has 198 valence electrons. The lowest BCUT2D eigenvalue weighted by molar-refractivity contribution is -0.129. The fourth-order valence-corrected chi connectivity index (χ4v) is 4.91. The van der Waals surface area contributed by atoms with E-state index in [2.05, 4.69) is 10.3 Å². The molecule has 1 aliphatic heterocycles. The number of amides is 2. The Balaban J connectivity index is 1.57. The number of amidine groups is 1. The molecule has 0 radical (unpaired) electrons. The average Bonchev–Trinajstić information content (AvgIpc) is 2.92. The van der Waals surface area contributed by atoms with Crippen molar-refractivity contribution >= 4 is 40.1 Å². The van der Waals surface area contributed by atoms with E-state index in [9.17, 15) is 14.0 Å². The maximum absolute atomic E-state index is 13.5. The van der Waals surface area contributed by atoms with Crippen LogP contribution in [0.15, 0.2) is 71.7 Å². The number of rotatable bonds is 9. The smallest absolute Gasteiger partial charge is 0.238 e. The van der Waals surface area contributed by atoms with Gasteiger partial charge in [-0.3, -0.25) is 14.5 Å². The standard InChI is InChI=1S/C28H28FN3O5S/c1-4-37-22-12-10-20(11-13-22)30-27(34)25-16-26(33)32(17-18-5-14-23(35-2)24(15-18)36-3)28(38-25)31-21-8-6-19(29)7-9-21/h5-15,25H,4,16-17H2,1-3H3,(H,30,34). The van der Waals surface area contributed by atoms with Gasteiger partial charge in [-0.05, 0) is 73.2 Å². The van der Waals surface area contributed by atoms with E-state index in [1.54, 1.807) is 50.6 Å². The van der Waals surface area contributed by atoms with Crippen molar-refractivity contribution in [2.45, 2.75) is 25.1 Å². The number of benzene rings is 3. The third-order valence-corrected chi connectivity index (χ3v) is 6.89. The van der Waals surface area contributed by atoms with Crippen LogP contribution >= 0.6 is 11.8 Å². The predicted octanol–water partition coefficient (Wildman–Crippen LogP) is 5.40. The van der Waals surface area contributed by atoms with Crippen LogP contribution in [-0.2, 0) is 16.1 Å². The fraction of sp³-hybridized carbons (Fsp3) is 0.250. The maximum atomic E-state index is 13.5. The zero-order valence-corrected chi connectivity index (χ0v) is 22.1. The summed E-state index contributed by atoms with van der Waals surface area (Å²) in [4.78, 5) is 32.6. The van der Waals surface area contributed by atoms with Crippen LogP contribution in [0.2, 0.25) is 0 Å². The first-order valence-electron chi connectivity index (χ1n) is 12.0. The lowest BCUT2D eigenvalue weighted by Crippen LogP contribution is -2.44. The van der Waals surface area contributed by atoms with Crippen LogP contribution in [0.25, 0.3) is 0 Å². The molecule has 1 fully saturated rings. The van der Waals surface area contributed by atoms with E-state index < -0.39 is 11.1 Å². The number of carbonyl (C=O) groups excluding carboxylic acids is 2. The number of ether oxygens (including phenoxy) is 3. The topological polar surface area (TPSA) is 89.5 Å². The molecule has 0 aromatic heterocycles. The first-order valence-corrected chi connectivity index (χ1v) is 12.8. The van der Waals surface area contributed by atoms with E-state index in [-0.39, 0.29) is 24.8 Å². The molecule has 0 aliphatic carbocycles. The van der Waals surface area contributed by atoms with Gasteiger partial charge in [0, 0.05) is 12.1 Å². The van der Waals surface area contributed by atoms with Crippen molar-refractivity contribution in [2.75, 3.05) is 26.1 Å². The summed E-state index contributed by atoms with van der Waals surface area (Å²) >= 11 is 1.19. The quantitative estimate of drug-likeness (QED) is 0.393. The second-order valence-corrected chi connectivity index (χ2v) is 9.47. The van der Waals surface area contributed by atoms with Gasteiger partial charge >= 0.3 is 0 Å². The number of aliphatic imine (C=N–C) groups is 1. The Bertz CT molecular complexity index is 1320. The Morgan fingerprint density at radius 1 is 1.05 bits per heavy atom. The molecular weight excluding hydrogens is 509 g/mol. The fourth-order valence-electron chi connectivity index (χ4n) is 3.81. The number of methoxy groups -OCH3 is 2. The Kier molecular flexibility index (Phi) is 8.85. The lowest BCUT2D eigenvalue weighted by atomic mass is 10.1. The SMILES string of the molecule is CCOc1ccc(NC(=O)C2CC(=O)N(Cc3ccc(OC)c(OC)c3)C(=Nc3ccc(F)cc3)S2)cc1. The molecule has 38 heavy (non-hydrogen) atoms. The number of hydrogen-bond donors (Lipinski definition) is 1. The van der Waals surface area contributed by atoms with Gasteiger partial charge in [-0.1, -0.05) is 17.8 Å². The molecule has 4 rings (SSSR count). The third-order valence-electron chi connectivity index (χ3n) is 5.70. The summed E-state index contributed by atoms with van der Waals surface area (Å²) in [5.74, 6) is 0.841. The number of carbonyl (C=O) groups is 2. The summed E-state index contributed by atoms with van der Waals surface area (Å²) in [5, 5.41) is 2.51. The minimum Gasteiger partial charge on any atom is -0.494 e. The highest BCUT2D eigenvalue weighted by atomic mass is 32.2. The van der Waals surface area contributed by atoms with Gasteiger partial charge in [0.15, 0.2) is 16.7 Å². The molecule has 1 aliphatic rings. The highest BCUT2D eigenvalue weighted by Crippen LogP contribution is 2.33. The number of hydrogen-bond acceptors (Lipinski definition) is 7. The van der Waals surface area contributed by atoms with Gasteiger partial charge in [0.25, 0.3) is 0 Å². The van der Waals surface area contributed by atoms with E-state index in [1.165, 1.54) is 40.9 Å². The van der Waals surface area contributed by atoms with E-state index >= 15 is 0 Å². The molecule has 8 nitrogen and oxygen atoms in total. The van der Waals surface area contributed by atoms with Gasteiger partial charge in [-0.25, -0.2) is 9.38 Å². The first-order chi connectivity index (χ1) is 18.4. The van der Waals surface area contributed by atoms with Gasteiger partial charge in [-0.2, -0.15) is 0 Å². The van der Waals surface area contributed by atoms with E-state index in [0.29, 0.717) is 40.4 Å². The molecule has 1 unspecified atom stereocenters. The zero-order valence-electron chi connectivity index (χ0n) is 21.3. The van der Waals surface area contributed by atoms with Crippen LogP contribution in [-0.4, -0.2) is 48.0 Å². The summed E-state index contributed by atoms with van der Waals surface area (Å²) in [6, 6.07) is 18.0. The molecule has 0 spiro atoms. The van der Waals surface area contributed by atoms with Gasteiger partial charge < -0.3 is 19.5 Å². The average molecular weight is 538 g/mol. The number of nitrogens with one attached hydrogen (secondary N) is 1. The predicted molar refractivity (Wildman–Crippen MR) is 146 cm³/mol. The van der Waals surface area contributed by atoms with Gasteiger partial charge in [0.2, 0.25) is 11.8 Å². The molecule has 0 saturated carbocycles. The van der Waals surface area contributed by atoms with Crippen molar-refractivity contribution in [1.29, 1.82) is 0 Å². The summed E-state index contributed by atoms with van der Waals surface area (Å²) in [5.41, 5.74) is 1.85. The Hall–Kier alpha value is -4.05. The molecule has 1 N–H and O–H groups in total. The van der Waals surface area contributed by atoms with Gasteiger partial charge in [-0.15, -0.1) is 0 Å². The van der Waals surface area contributed by atoms with Crippen molar-refractivity contribution in [3.63, 3.8) is 0 Å². The maximum Gasteiger partial charge on any atom is 0.238 e. The van der Waals surface area contributed by atoms with Crippen LogP contribution < -0.4 is 19.5 Å². The monoisotopic (exact) mass is 537 g/mol. The Labute approximate surface area is 224 Å². The third kappa shape index (κ3) is 6.63. The molecule has 1 atom stereocenters. The lowest BCUT2D eigenvalue weighted by Gasteiger charge is -2.32. The zero-order chi connectivity index (χ0) is 27.1. The Morgan fingerprint density at radius 3 is 2.42 bits per heavy atom. The highest BCUT2D eigenvalue weighted by Gasteiger charge is 2.36. The largest absolute Gasteiger partial charge is 0.494 e. The van der Waals surface area contributed by atoms with Crippen LogP contribution in [0.5, 0.6) is 17.2 Å². The summed E-state index contributed by atoms with van der Waals surface area (Å²) in [6.45, 7) is 2.65. The van der Waals surface area contributed by atoms with E-state index in [4.69, 9.17) is 14.2 Å². The van der Waals surface area contributed by atoms with Gasteiger partial charge in [0.05, 0.1) is 33.1 Å². The molecule has 1 heterocycles.